The normalized spacial score (nSPS) is 10.2. The summed E-state index contributed by atoms with van der Waals surface area (Å²) < 4.78 is 5.36. The molecule has 1 heterocycles. The number of aryl methyl sites for hydroxylation is 1. The van der Waals surface area contributed by atoms with Gasteiger partial charge in [-0.3, -0.25) is 4.79 Å². The number of nitrogens with zero attached hydrogens (tertiary/aromatic N) is 1. The number of aromatic carboxylic acids is 1. The quantitative estimate of drug-likeness (QED) is 0.781. The Morgan fingerprint density at radius 3 is 2.81 bits per heavy atom. The van der Waals surface area contributed by atoms with Gasteiger partial charge in [0, 0.05) is 5.69 Å². The molecule has 7 heteroatoms. The summed E-state index contributed by atoms with van der Waals surface area (Å²) in [5.74, 6) is -1.11. The molecule has 0 aliphatic rings. The molecular weight excluding hydrogens is 274 g/mol. The number of anilines is 1. The summed E-state index contributed by atoms with van der Waals surface area (Å²) in [6, 6.07) is 5.22. The van der Waals surface area contributed by atoms with Crippen molar-refractivity contribution in [1.29, 1.82) is 0 Å². The second-order valence-corrected chi connectivity index (χ2v) is 4.30. The van der Waals surface area contributed by atoms with Crippen LogP contribution >= 0.6 is 0 Å². The van der Waals surface area contributed by atoms with Gasteiger partial charge in [0.2, 0.25) is 0 Å². The van der Waals surface area contributed by atoms with E-state index in [1.54, 1.807) is 18.2 Å². The number of carboxylic acid groups (broad SMARTS) is 1. The largest absolute Gasteiger partial charge is 0.494 e. The highest BCUT2D eigenvalue weighted by molar-refractivity contribution is 6.08. The summed E-state index contributed by atoms with van der Waals surface area (Å²) in [5, 5.41) is 11.6. The average molecular weight is 289 g/mol. The van der Waals surface area contributed by atoms with E-state index >= 15 is 0 Å². The maximum Gasteiger partial charge on any atom is 0.354 e. The summed E-state index contributed by atoms with van der Waals surface area (Å²) in [6.07, 6.45) is 1.17. The molecule has 0 spiro atoms. The number of carbonyl (C=O) groups is 2. The van der Waals surface area contributed by atoms with Crippen LogP contribution in [0, 0.1) is 6.92 Å². The topological polar surface area (TPSA) is 104 Å². The van der Waals surface area contributed by atoms with Crippen molar-refractivity contribution in [2.45, 2.75) is 13.8 Å². The number of aromatic nitrogens is 2. The first-order chi connectivity index (χ1) is 10.0. The van der Waals surface area contributed by atoms with E-state index in [0.717, 1.165) is 5.56 Å². The standard InChI is InChI=1S/C14H15N3O4/c1-3-21-9-4-5-10(8(2)6-9)17-13(18)11-12(14(19)20)16-7-15-11/h4-7H,3H2,1-2H3,(H,15,16)(H,17,18)(H,19,20). The van der Waals surface area contributed by atoms with Crippen LogP contribution in [0.15, 0.2) is 24.5 Å². The second-order valence-electron chi connectivity index (χ2n) is 4.30. The first-order valence-corrected chi connectivity index (χ1v) is 6.34. The molecule has 0 atom stereocenters. The lowest BCUT2D eigenvalue weighted by Crippen LogP contribution is -2.17. The number of ether oxygens (including phenoxy) is 1. The van der Waals surface area contributed by atoms with Gasteiger partial charge in [0.25, 0.3) is 5.91 Å². The first-order valence-electron chi connectivity index (χ1n) is 6.34. The zero-order valence-electron chi connectivity index (χ0n) is 11.6. The molecule has 1 aromatic heterocycles. The van der Waals surface area contributed by atoms with Gasteiger partial charge in [-0.15, -0.1) is 0 Å². The Bertz CT molecular complexity index is 679. The number of amides is 1. The molecule has 2 rings (SSSR count). The summed E-state index contributed by atoms with van der Waals surface area (Å²) in [7, 11) is 0. The summed E-state index contributed by atoms with van der Waals surface area (Å²) in [5.41, 5.74) is 0.983. The number of benzene rings is 1. The van der Waals surface area contributed by atoms with Crippen molar-refractivity contribution in [2.24, 2.45) is 0 Å². The number of carbonyl (C=O) groups excluding carboxylic acids is 1. The number of hydrogen-bond acceptors (Lipinski definition) is 4. The van der Waals surface area contributed by atoms with Gasteiger partial charge in [0.15, 0.2) is 11.4 Å². The zero-order valence-corrected chi connectivity index (χ0v) is 11.6. The van der Waals surface area contributed by atoms with E-state index in [4.69, 9.17) is 9.84 Å². The van der Waals surface area contributed by atoms with Crippen LogP contribution in [0.4, 0.5) is 5.69 Å². The van der Waals surface area contributed by atoms with E-state index in [9.17, 15) is 9.59 Å². The molecule has 7 nitrogen and oxygen atoms in total. The van der Waals surface area contributed by atoms with E-state index in [0.29, 0.717) is 18.0 Å². The third-order valence-electron chi connectivity index (χ3n) is 2.83. The van der Waals surface area contributed by atoms with Gasteiger partial charge < -0.3 is 20.1 Å². The third-order valence-corrected chi connectivity index (χ3v) is 2.83. The minimum absolute atomic E-state index is 0.157. The van der Waals surface area contributed by atoms with Gasteiger partial charge in [-0.05, 0) is 37.6 Å². The van der Waals surface area contributed by atoms with E-state index in [1.807, 2.05) is 13.8 Å². The first kappa shape index (κ1) is 14.6. The molecule has 3 N–H and O–H groups in total. The predicted octanol–water partition coefficient (Wildman–Crippen LogP) is 2.07. The van der Waals surface area contributed by atoms with Crippen LogP contribution in [0.2, 0.25) is 0 Å². The Labute approximate surface area is 121 Å². The number of rotatable bonds is 5. The molecule has 0 bridgehead atoms. The van der Waals surface area contributed by atoms with Crippen molar-refractivity contribution in [3.8, 4) is 5.75 Å². The van der Waals surface area contributed by atoms with E-state index < -0.39 is 11.9 Å². The van der Waals surface area contributed by atoms with Crippen molar-refractivity contribution >= 4 is 17.6 Å². The van der Waals surface area contributed by atoms with Crippen LogP contribution in [0.5, 0.6) is 5.75 Å². The van der Waals surface area contributed by atoms with Gasteiger partial charge in [0.1, 0.15) is 5.75 Å². The van der Waals surface area contributed by atoms with Crippen LogP contribution in [0.3, 0.4) is 0 Å². The number of aromatic amines is 1. The van der Waals surface area contributed by atoms with Crippen molar-refractivity contribution in [3.05, 3.63) is 41.5 Å². The number of carboxylic acids is 1. The van der Waals surface area contributed by atoms with Gasteiger partial charge >= 0.3 is 5.97 Å². The lowest BCUT2D eigenvalue weighted by molar-refractivity contribution is 0.0686. The Hall–Kier alpha value is -2.83. The fourth-order valence-electron chi connectivity index (χ4n) is 1.84. The molecular formula is C14H15N3O4. The van der Waals surface area contributed by atoms with E-state index in [1.165, 1.54) is 6.33 Å². The fourth-order valence-corrected chi connectivity index (χ4v) is 1.84. The summed E-state index contributed by atoms with van der Waals surface area (Å²) >= 11 is 0. The van der Waals surface area contributed by atoms with E-state index in [2.05, 4.69) is 15.3 Å². The minimum Gasteiger partial charge on any atom is -0.494 e. The summed E-state index contributed by atoms with van der Waals surface area (Å²) in [6.45, 7) is 4.26. The third kappa shape index (κ3) is 3.19. The Morgan fingerprint density at radius 1 is 1.43 bits per heavy atom. The van der Waals surface area contributed by atoms with Crippen LogP contribution in [0.1, 0.15) is 33.5 Å². The van der Waals surface area contributed by atoms with Gasteiger partial charge in [0.05, 0.1) is 12.9 Å². The highest BCUT2D eigenvalue weighted by Crippen LogP contribution is 2.22. The number of nitrogens with one attached hydrogen (secondary N) is 2. The molecule has 0 aliphatic carbocycles. The Morgan fingerprint density at radius 2 is 2.19 bits per heavy atom. The maximum absolute atomic E-state index is 12.1. The van der Waals surface area contributed by atoms with Crippen molar-refractivity contribution in [3.63, 3.8) is 0 Å². The molecule has 0 fully saturated rings. The molecule has 1 amide bonds. The van der Waals surface area contributed by atoms with Crippen LogP contribution < -0.4 is 10.1 Å². The number of imidazole rings is 1. The van der Waals surface area contributed by atoms with Crippen molar-refractivity contribution < 1.29 is 19.4 Å². The highest BCUT2D eigenvalue weighted by Gasteiger charge is 2.20. The number of hydrogen-bond donors (Lipinski definition) is 3. The zero-order chi connectivity index (χ0) is 15.4. The molecule has 2 aromatic rings. The van der Waals surface area contributed by atoms with Crippen LogP contribution in [-0.4, -0.2) is 33.6 Å². The van der Waals surface area contributed by atoms with Gasteiger partial charge in [-0.1, -0.05) is 0 Å². The predicted molar refractivity (Wildman–Crippen MR) is 75.8 cm³/mol. The molecule has 0 aliphatic heterocycles. The molecule has 21 heavy (non-hydrogen) atoms. The summed E-state index contributed by atoms with van der Waals surface area (Å²) in [4.78, 5) is 29.2. The Kier molecular flexibility index (Phi) is 4.22. The van der Waals surface area contributed by atoms with Gasteiger partial charge in [-0.2, -0.15) is 0 Å². The lowest BCUT2D eigenvalue weighted by Gasteiger charge is -2.10. The smallest absolute Gasteiger partial charge is 0.354 e. The molecule has 110 valence electrons. The molecule has 0 saturated heterocycles. The van der Waals surface area contributed by atoms with Crippen LogP contribution in [0.25, 0.3) is 0 Å². The van der Waals surface area contributed by atoms with Gasteiger partial charge in [-0.25, -0.2) is 9.78 Å². The number of H-pyrrole nitrogens is 1. The monoisotopic (exact) mass is 289 g/mol. The lowest BCUT2D eigenvalue weighted by atomic mass is 10.2. The Balaban J connectivity index is 2.20. The highest BCUT2D eigenvalue weighted by atomic mass is 16.5. The van der Waals surface area contributed by atoms with Crippen LogP contribution in [-0.2, 0) is 0 Å². The SMILES string of the molecule is CCOc1ccc(NC(=O)c2nc[nH]c2C(=O)O)c(C)c1. The average Bonchev–Trinajstić information content (AvgIpc) is 2.91. The maximum atomic E-state index is 12.1. The van der Waals surface area contributed by atoms with Crippen molar-refractivity contribution in [2.75, 3.05) is 11.9 Å². The fraction of sp³-hybridized carbons (Fsp3) is 0.214. The molecule has 0 radical (unpaired) electrons. The molecule has 0 saturated carbocycles. The minimum atomic E-state index is -1.24. The second kappa shape index (κ2) is 6.08. The molecule has 1 aromatic carbocycles. The van der Waals surface area contributed by atoms with Crippen molar-refractivity contribution in [1.82, 2.24) is 9.97 Å². The molecule has 0 unspecified atom stereocenters. The van der Waals surface area contributed by atoms with E-state index in [-0.39, 0.29) is 11.4 Å².